The number of hydrogen-bond donors (Lipinski definition) is 7. The summed E-state index contributed by atoms with van der Waals surface area (Å²) in [6, 6.07) is 8.45. The number of fused-ring (bicyclic) bond motifs is 1. The Balaban J connectivity index is 2.00. The fourth-order valence-corrected chi connectivity index (χ4v) is 6.33. The minimum Gasteiger partial charge on any atom is -0.508 e. The highest BCUT2D eigenvalue weighted by molar-refractivity contribution is 7.70. The summed E-state index contributed by atoms with van der Waals surface area (Å²) in [6.07, 6.45) is -0.375. The molecule has 0 atom stereocenters. The second-order valence-corrected chi connectivity index (χ2v) is 12.2. The number of anilines is 1. The monoisotopic (exact) mass is 541 g/mol. The molecule has 1 aromatic heterocycles. The Labute approximate surface area is 204 Å². The van der Waals surface area contributed by atoms with Crippen molar-refractivity contribution in [1.82, 2.24) is 0 Å². The van der Waals surface area contributed by atoms with Crippen LogP contribution in [-0.2, 0) is 20.3 Å². The van der Waals surface area contributed by atoms with Crippen molar-refractivity contribution in [2.75, 3.05) is 5.32 Å². The van der Waals surface area contributed by atoms with Gasteiger partial charge in [-0.15, -0.1) is 0 Å². The van der Waals surface area contributed by atoms with Crippen LogP contribution >= 0.6 is 15.2 Å². The number of hydrogen-bond acceptors (Lipinski definition) is 7. The average molecular weight is 541 g/mol. The second kappa shape index (κ2) is 10.6. The van der Waals surface area contributed by atoms with Crippen molar-refractivity contribution in [2.24, 2.45) is 0 Å². The van der Waals surface area contributed by atoms with Crippen LogP contribution in [0.4, 0.5) is 5.69 Å². The highest BCUT2D eigenvalue weighted by Gasteiger charge is 2.43. The van der Waals surface area contributed by atoms with Crippen molar-refractivity contribution in [2.45, 2.75) is 38.0 Å². The van der Waals surface area contributed by atoms with E-state index in [1.807, 2.05) is 6.92 Å². The summed E-state index contributed by atoms with van der Waals surface area (Å²) in [5.41, 5.74) is 0.621. The lowest BCUT2D eigenvalue weighted by molar-refractivity contribution is -0.116. The van der Waals surface area contributed by atoms with Gasteiger partial charge in [0, 0.05) is 17.9 Å². The number of nitrogens with one attached hydrogen (secondary N) is 1. The normalized spacial score (nSPS) is 12.3. The van der Waals surface area contributed by atoms with E-state index in [0.717, 1.165) is 6.07 Å². The van der Waals surface area contributed by atoms with Crippen LogP contribution in [0.25, 0.3) is 22.1 Å². The Kier molecular flexibility index (Phi) is 8.10. The molecule has 0 aliphatic heterocycles. The van der Waals surface area contributed by atoms with Gasteiger partial charge in [-0.05, 0) is 42.2 Å². The first kappa shape index (κ1) is 27.6. The molecule has 0 unspecified atom stereocenters. The number of phenols is 2. The van der Waals surface area contributed by atoms with Crippen LogP contribution in [0.3, 0.4) is 0 Å². The summed E-state index contributed by atoms with van der Waals surface area (Å²) in [5.74, 6) is -1.30. The lowest BCUT2D eigenvalue weighted by Gasteiger charge is -2.19. The summed E-state index contributed by atoms with van der Waals surface area (Å²) in [6.45, 7) is 1.89. The number of amides is 1. The van der Waals surface area contributed by atoms with Gasteiger partial charge in [0.1, 0.15) is 17.1 Å². The van der Waals surface area contributed by atoms with Crippen molar-refractivity contribution in [3.63, 3.8) is 0 Å². The number of aryl methyl sites for hydroxylation is 1. The lowest BCUT2D eigenvalue weighted by Crippen LogP contribution is -2.16. The highest BCUT2D eigenvalue weighted by Crippen LogP contribution is 2.61. The van der Waals surface area contributed by atoms with Crippen LogP contribution in [0.2, 0.25) is 0 Å². The molecule has 7 N–H and O–H groups in total. The molecule has 3 aromatic rings. The molecule has 1 heterocycles. The predicted molar refractivity (Wildman–Crippen MR) is 131 cm³/mol. The SMILES string of the molecule is CCCc1c(-c2ccc(O)cc2)c(=O)oc2cc(O)c(NC(=O)CCC(P(=O)(O)O)P(=O)(O)O)cc12. The van der Waals surface area contributed by atoms with Gasteiger partial charge < -0.3 is 39.5 Å². The van der Waals surface area contributed by atoms with E-state index in [9.17, 15) is 48.5 Å². The Hall–Kier alpha value is -2.98. The van der Waals surface area contributed by atoms with Gasteiger partial charge in [0.2, 0.25) is 5.91 Å². The zero-order chi connectivity index (χ0) is 26.8. The van der Waals surface area contributed by atoms with E-state index in [1.54, 1.807) is 12.1 Å². The Morgan fingerprint density at radius 1 is 1.03 bits per heavy atom. The van der Waals surface area contributed by atoms with Crippen molar-refractivity contribution < 1.29 is 48.1 Å². The number of carbonyl (C=O) groups is 1. The molecule has 1 amide bonds. The van der Waals surface area contributed by atoms with Gasteiger partial charge >= 0.3 is 20.8 Å². The summed E-state index contributed by atoms with van der Waals surface area (Å²) in [7, 11) is -10.4. The maximum atomic E-state index is 12.8. The van der Waals surface area contributed by atoms with Gasteiger partial charge in [-0.3, -0.25) is 13.9 Å². The van der Waals surface area contributed by atoms with E-state index < -0.39 is 50.7 Å². The minimum atomic E-state index is -5.19. The molecule has 2 aromatic carbocycles. The van der Waals surface area contributed by atoms with E-state index in [2.05, 4.69) is 5.32 Å². The molecule has 194 valence electrons. The van der Waals surface area contributed by atoms with Crippen LogP contribution in [0.5, 0.6) is 11.5 Å². The standard InChI is InChI=1S/C22H25NO11P2/c1-2-3-14-15-10-16(23-19(26)8-9-20(35(28,29)30)36(31,32)33)17(25)11-18(15)34-22(27)21(14)12-4-6-13(24)7-5-12/h4-7,10-11,20,24-25H,2-3,8-9H2,1H3,(H,23,26)(H2,28,29,30)(H2,31,32,33). The third-order valence-electron chi connectivity index (χ3n) is 5.47. The molecule has 0 saturated heterocycles. The van der Waals surface area contributed by atoms with Gasteiger partial charge in [-0.2, -0.15) is 0 Å². The van der Waals surface area contributed by atoms with Crippen molar-refractivity contribution in [1.29, 1.82) is 0 Å². The van der Waals surface area contributed by atoms with Gasteiger partial charge in [-0.1, -0.05) is 25.5 Å². The first-order valence-corrected chi connectivity index (χ1v) is 14.1. The van der Waals surface area contributed by atoms with Gasteiger partial charge in [0.25, 0.3) is 0 Å². The maximum Gasteiger partial charge on any atom is 0.344 e. The van der Waals surface area contributed by atoms with Crippen LogP contribution in [0, 0.1) is 0 Å². The topological polar surface area (TPSA) is 215 Å². The fourth-order valence-electron chi connectivity index (χ4n) is 3.83. The molecular formula is C22H25NO11P2. The van der Waals surface area contributed by atoms with E-state index in [4.69, 9.17) is 4.42 Å². The van der Waals surface area contributed by atoms with Crippen LogP contribution in [0.1, 0.15) is 31.7 Å². The zero-order valence-electron chi connectivity index (χ0n) is 19.0. The second-order valence-electron chi connectivity index (χ2n) is 8.15. The number of benzene rings is 2. The number of carbonyl (C=O) groups excluding carboxylic acids is 1. The van der Waals surface area contributed by atoms with Crippen LogP contribution in [0.15, 0.2) is 45.6 Å². The third kappa shape index (κ3) is 6.22. The van der Waals surface area contributed by atoms with E-state index in [0.29, 0.717) is 29.4 Å². The van der Waals surface area contributed by atoms with E-state index in [1.165, 1.54) is 18.2 Å². The Bertz CT molecular complexity index is 1420. The zero-order valence-corrected chi connectivity index (χ0v) is 20.8. The average Bonchev–Trinajstić information content (AvgIpc) is 2.74. The Morgan fingerprint density at radius 3 is 2.19 bits per heavy atom. The molecule has 0 aliphatic carbocycles. The highest BCUT2D eigenvalue weighted by atomic mass is 31.2. The number of aromatic hydroxyl groups is 2. The molecule has 0 bridgehead atoms. The molecule has 14 heteroatoms. The first-order valence-electron chi connectivity index (χ1n) is 10.7. The summed E-state index contributed by atoms with van der Waals surface area (Å²) < 4.78 is 28.2. The quantitative estimate of drug-likeness (QED) is 0.119. The lowest BCUT2D eigenvalue weighted by atomic mass is 9.95. The summed E-state index contributed by atoms with van der Waals surface area (Å²) in [5, 5.41) is 20.4. The van der Waals surface area contributed by atoms with Crippen LogP contribution in [-0.4, -0.2) is 41.1 Å². The molecule has 0 spiro atoms. The first-order chi connectivity index (χ1) is 16.7. The van der Waals surface area contributed by atoms with Crippen molar-refractivity contribution in [3.8, 4) is 22.6 Å². The molecule has 3 rings (SSSR count). The Morgan fingerprint density at radius 2 is 1.64 bits per heavy atom. The van der Waals surface area contributed by atoms with Gasteiger partial charge in [0.15, 0.2) is 5.40 Å². The minimum absolute atomic E-state index is 0.00984. The van der Waals surface area contributed by atoms with E-state index >= 15 is 0 Å². The largest absolute Gasteiger partial charge is 0.508 e. The summed E-state index contributed by atoms with van der Waals surface area (Å²) in [4.78, 5) is 62.1. The van der Waals surface area contributed by atoms with Gasteiger partial charge in [-0.25, -0.2) is 4.79 Å². The van der Waals surface area contributed by atoms with Gasteiger partial charge in [0.05, 0.1) is 11.3 Å². The molecular weight excluding hydrogens is 516 g/mol. The van der Waals surface area contributed by atoms with E-state index in [-0.39, 0.29) is 22.6 Å². The number of phenolic OH excluding ortho intramolecular Hbond substituents is 2. The number of rotatable bonds is 9. The molecule has 0 fully saturated rings. The summed E-state index contributed by atoms with van der Waals surface area (Å²) >= 11 is 0. The molecule has 12 nitrogen and oxygen atoms in total. The molecule has 0 saturated carbocycles. The third-order valence-corrected chi connectivity index (χ3v) is 9.34. The fraction of sp³-hybridized carbons (Fsp3) is 0.273. The molecule has 0 radical (unpaired) electrons. The predicted octanol–water partition coefficient (Wildman–Crippen LogP) is 3.22. The smallest absolute Gasteiger partial charge is 0.344 e. The van der Waals surface area contributed by atoms with Crippen LogP contribution < -0.4 is 10.9 Å². The maximum absolute atomic E-state index is 12.8. The molecule has 0 aliphatic rings. The van der Waals surface area contributed by atoms with Crippen molar-refractivity contribution >= 4 is 37.8 Å². The van der Waals surface area contributed by atoms with Crippen molar-refractivity contribution in [3.05, 3.63) is 52.4 Å². The molecule has 36 heavy (non-hydrogen) atoms.